The van der Waals surface area contributed by atoms with Gasteiger partial charge in [0.2, 0.25) is 0 Å². The lowest BCUT2D eigenvalue weighted by molar-refractivity contribution is 0.0767. The number of amides is 1. The van der Waals surface area contributed by atoms with Crippen molar-refractivity contribution < 1.29 is 4.79 Å². The topological polar surface area (TPSA) is 54.3 Å². The monoisotopic (exact) mass is 355 g/mol. The Balaban J connectivity index is 1.64. The van der Waals surface area contributed by atoms with Gasteiger partial charge in [-0.2, -0.15) is 0 Å². The predicted molar refractivity (Wildman–Crippen MR) is 102 cm³/mol. The fourth-order valence-corrected chi connectivity index (χ4v) is 3.57. The van der Waals surface area contributed by atoms with Gasteiger partial charge in [0.05, 0.1) is 12.2 Å². The summed E-state index contributed by atoms with van der Waals surface area (Å²) in [7, 11) is 0. The summed E-state index contributed by atoms with van der Waals surface area (Å²) in [6.45, 7) is 10.5. The largest absolute Gasteiger partial charge is 0.338 e. The van der Waals surface area contributed by atoms with Crippen molar-refractivity contribution in [3.05, 3.63) is 47.3 Å². The van der Waals surface area contributed by atoms with Crippen LogP contribution in [0.5, 0.6) is 0 Å². The van der Waals surface area contributed by atoms with E-state index in [2.05, 4.69) is 46.4 Å². The van der Waals surface area contributed by atoms with Crippen LogP contribution in [0.25, 0.3) is 0 Å². The molecule has 140 valence electrons. The molecule has 2 heterocycles. The van der Waals surface area contributed by atoms with Gasteiger partial charge in [-0.15, -0.1) is 5.10 Å². The zero-order valence-corrected chi connectivity index (χ0v) is 16.1. The van der Waals surface area contributed by atoms with Crippen molar-refractivity contribution in [2.24, 2.45) is 0 Å². The lowest BCUT2D eigenvalue weighted by Gasteiger charge is -2.32. The number of carbonyl (C=O) groups excluding carboxylic acids is 1. The molecule has 0 saturated carbocycles. The molecule has 0 unspecified atom stereocenters. The second kappa shape index (κ2) is 8.45. The van der Waals surface area contributed by atoms with Crippen molar-refractivity contribution >= 4 is 5.91 Å². The minimum atomic E-state index is -0.0337. The van der Waals surface area contributed by atoms with Crippen LogP contribution in [-0.2, 0) is 6.54 Å². The number of likely N-dealkylation sites (tertiary alicyclic amines) is 1. The Morgan fingerprint density at radius 2 is 1.96 bits per heavy atom. The third kappa shape index (κ3) is 4.30. The Kier molecular flexibility index (Phi) is 6.04. The van der Waals surface area contributed by atoms with Crippen LogP contribution < -0.4 is 0 Å². The third-order valence-corrected chi connectivity index (χ3v) is 5.16. The molecule has 1 aromatic heterocycles. The summed E-state index contributed by atoms with van der Waals surface area (Å²) in [6.07, 6.45) is 4.03. The molecule has 0 spiro atoms. The number of rotatable bonds is 6. The molecule has 1 amide bonds. The van der Waals surface area contributed by atoms with Crippen molar-refractivity contribution in [2.45, 2.75) is 46.2 Å². The molecular weight excluding hydrogens is 326 g/mol. The Morgan fingerprint density at radius 1 is 1.23 bits per heavy atom. The molecule has 0 N–H and O–H groups in total. The molecule has 1 atom stereocenters. The van der Waals surface area contributed by atoms with E-state index >= 15 is 0 Å². The maximum Gasteiger partial charge on any atom is 0.276 e. The van der Waals surface area contributed by atoms with Crippen LogP contribution in [0.3, 0.4) is 0 Å². The Bertz CT molecular complexity index is 720. The van der Waals surface area contributed by atoms with Crippen molar-refractivity contribution in [2.75, 3.05) is 26.2 Å². The number of aryl methyl sites for hydroxylation is 1. The molecule has 2 aromatic rings. The van der Waals surface area contributed by atoms with Gasteiger partial charge >= 0.3 is 0 Å². The first-order chi connectivity index (χ1) is 12.6. The maximum absolute atomic E-state index is 12.4. The highest BCUT2D eigenvalue weighted by atomic mass is 16.2. The number of aromatic nitrogens is 3. The zero-order valence-electron chi connectivity index (χ0n) is 16.1. The molecule has 1 saturated heterocycles. The average Bonchev–Trinajstić information content (AvgIpc) is 3.15. The molecule has 0 bridgehead atoms. The van der Waals surface area contributed by atoms with Crippen LogP contribution in [0.1, 0.15) is 54.3 Å². The van der Waals surface area contributed by atoms with E-state index in [-0.39, 0.29) is 11.9 Å². The number of nitrogens with zero attached hydrogens (tertiary/aromatic N) is 5. The lowest BCUT2D eigenvalue weighted by atomic mass is 10.0. The van der Waals surface area contributed by atoms with Crippen LogP contribution in [0.15, 0.2) is 30.5 Å². The van der Waals surface area contributed by atoms with E-state index in [0.717, 1.165) is 32.5 Å². The molecule has 0 aliphatic carbocycles. The normalized spacial score (nSPS) is 18.0. The number of hydrogen-bond acceptors (Lipinski definition) is 4. The molecular formula is C20H29N5O. The summed E-state index contributed by atoms with van der Waals surface area (Å²) in [5.41, 5.74) is 3.08. The van der Waals surface area contributed by atoms with Crippen LogP contribution in [-0.4, -0.2) is 56.9 Å². The van der Waals surface area contributed by atoms with E-state index in [1.54, 1.807) is 4.90 Å². The minimum Gasteiger partial charge on any atom is -0.338 e. The maximum atomic E-state index is 12.4. The molecule has 1 aliphatic rings. The average molecular weight is 355 g/mol. The highest BCUT2D eigenvalue weighted by molar-refractivity contribution is 5.91. The standard InChI is InChI=1S/C20H29N5O/c1-4-24(5-2)20(26)19-15-25(22-21-19)18-7-6-12-23(14-18)13-17-10-8-16(3)9-11-17/h8-11,15,18H,4-7,12-14H2,1-3H3/t18-/m0/s1. The van der Waals surface area contributed by atoms with Crippen molar-refractivity contribution in [3.63, 3.8) is 0 Å². The van der Waals surface area contributed by atoms with Gasteiger partial charge in [-0.3, -0.25) is 9.69 Å². The smallest absolute Gasteiger partial charge is 0.276 e. The van der Waals surface area contributed by atoms with Gasteiger partial charge in [0.25, 0.3) is 5.91 Å². The summed E-state index contributed by atoms with van der Waals surface area (Å²) >= 11 is 0. The first-order valence-electron chi connectivity index (χ1n) is 9.59. The van der Waals surface area contributed by atoms with Gasteiger partial charge in [0, 0.05) is 26.2 Å². The van der Waals surface area contributed by atoms with Crippen LogP contribution in [0.2, 0.25) is 0 Å². The number of benzene rings is 1. The third-order valence-electron chi connectivity index (χ3n) is 5.16. The van der Waals surface area contributed by atoms with Gasteiger partial charge in [-0.1, -0.05) is 35.0 Å². The van der Waals surface area contributed by atoms with Crippen molar-refractivity contribution in [1.82, 2.24) is 24.8 Å². The SMILES string of the molecule is CCN(CC)C(=O)c1cn([C@H]2CCCN(Cc3ccc(C)cc3)C2)nn1. The molecule has 0 radical (unpaired) electrons. The van der Waals surface area contributed by atoms with E-state index in [1.807, 2.05) is 24.7 Å². The molecule has 6 nitrogen and oxygen atoms in total. The van der Waals surface area contributed by atoms with Gasteiger partial charge in [-0.05, 0) is 45.7 Å². The quantitative estimate of drug-likeness (QED) is 0.799. The van der Waals surface area contributed by atoms with Crippen LogP contribution in [0, 0.1) is 6.92 Å². The number of piperidine rings is 1. The minimum absolute atomic E-state index is 0.0337. The highest BCUT2D eigenvalue weighted by Crippen LogP contribution is 2.22. The van der Waals surface area contributed by atoms with E-state index < -0.39 is 0 Å². The van der Waals surface area contributed by atoms with Crippen LogP contribution in [0.4, 0.5) is 0 Å². The van der Waals surface area contributed by atoms with Gasteiger partial charge in [-0.25, -0.2) is 4.68 Å². The Hall–Kier alpha value is -2.21. The second-order valence-corrected chi connectivity index (χ2v) is 7.08. The summed E-state index contributed by atoms with van der Waals surface area (Å²) in [4.78, 5) is 16.7. The summed E-state index contributed by atoms with van der Waals surface area (Å²) in [5, 5.41) is 8.39. The predicted octanol–water partition coefficient (Wildman–Crippen LogP) is 2.91. The zero-order chi connectivity index (χ0) is 18.5. The van der Waals surface area contributed by atoms with E-state index in [4.69, 9.17) is 0 Å². The first-order valence-corrected chi connectivity index (χ1v) is 9.59. The summed E-state index contributed by atoms with van der Waals surface area (Å²) in [5.74, 6) is -0.0337. The number of carbonyl (C=O) groups is 1. The summed E-state index contributed by atoms with van der Waals surface area (Å²) < 4.78 is 1.89. The molecule has 1 fully saturated rings. The van der Waals surface area contributed by atoms with Crippen LogP contribution >= 0.6 is 0 Å². The fourth-order valence-electron chi connectivity index (χ4n) is 3.57. The molecule has 3 rings (SSSR count). The van der Waals surface area contributed by atoms with Gasteiger partial charge in [0.1, 0.15) is 0 Å². The number of hydrogen-bond donors (Lipinski definition) is 0. The Labute approximate surface area is 155 Å². The molecule has 1 aliphatic heterocycles. The molecule has 26 heavy (non-hydrogen) atoms. The van der Waals surface area contributed by atoms with Crippen molar-refractivity contribution in [3.8, 4) is 0 Å². The molecule has 1 aromatic carbocycles. The summed E-state index contributed by atoms with van der Waals surface area (Å²) in [6, 6.07) is 9.02. The van der Waals surface area contributed by atoms with E-state index in [0.29, 0.717) is 18.8 Å². The Morgan fingerprint density at radius 3 is 2.65 bits per heavy atom. The lowest BCUT2D eigenvalue weighted by Crippen LogP contribution is -2.36. The second-order valence-electron chi connectivity index (χ2n) is 7.08. The molecule has 6 heteroatoms. The fraction of sp³-hybridized carbons (Fsp3) is 0.550. The highest BCUT2D eigenvalue weighted by Gasteiger charge is 2.24. The van der Waals surface area contributed by atoms with Gasteiger partial charge < -0.3 is 4.90 Å². The van der Waals surface area contributed by atoms with Crippen molar-refractivity contribution in [1.29, 1.82) is 0 Å². The van der Waals surface area contributed by atoms with E-state index in [9.17, 15) is 4.79 Å². The first kappa shape index (κ1) is 18.6. The van der Waals surface area contributed by atoms with Gasteiger partial charge in [0.15, 0.2) is 5.69 Å². The van der Waals surface area contributed by atoms with E-state index in [1.165, 1.54) is 11.1 Å².